The lowest BCUT2D eigenvalue weighted by atomic mass is 9.97. The third kappa shape index (κ3) is 3.20. The van der Waals surface area contributed by atoms with Crippen LogP contribution in [0.15, 0.2) is 42.6 Å². The van der Waals surface area contributed by atoms with E-state index in [9.17, 15) is 0 Å². The highest BCUT2D eigenvalue weighted by molar-refractivity contribution is 5.31. The normalized spacial score (nSPS) is 19.2. The summed E-state index contributed by atoms with van der Waals surface area (Å²) in [5, 5.41) is 0. The van der Waals surface area contributed by atoms with Gasteiger partial charge in [0.15, 0.2) is 0 Å². The lowest BCUT2D eigenvalue weighted by Crippen LogP contribution is -2.25. The first kappa shape index (κ1) is 14.4. The van der Waals surface area contributed by atoms with Crippen molar-refractivity contribution in [3.8, 4) is 0 Å². The number of hydrogen-bond donors (Lipinski definition) is 1. The third-order valence-electron chi connectivity index (χ3n) is 4.37. The van der Waals surface area contributed by atoms with Crippen molar-refractivity contribution in [2.75, 3.05) is 6.61 Å². The molecule has 2 atom stereocenters. The Bertz CT molecular complexity index is 590. The molecule has 3 heteroatoms. The quantitative estimate of drug-likeness (QED) is 0.916. The van der Waals surface area contributed by atoms with Gasteiger partial charge in [0.1, 0.15) is 6.10 Å². The molecule has 0 aliphatic carbocycles. The Kier molecular flexibility index (Phi) is 4.42. The monoisotopic (exact) mass is 284 g/mol. The molecule has 1 aromatic heterocycles. The summed E-state index contributed by atoms with van der Waals surface area (Å²) in [6, 6.07) is 13.1. The average Bonchev–Trinajstić information content (AvgIpc) is 2.94. The second-order valence-electron chi connectivity index (χ2n) is 5.83. The molecule has 0 spiro atoms. The summed E-state index contributed by atoms with van der Waals surface area (Å²) in [7, 11) is 0. The van der Waals surface area contributed by atoms with Crippen LogP contribution in [0.25, 0.3) is 0 Å². The Hall–Kier alpha value is -1.58. The van der Waals surface area contributed by atoms with Gasteiger partial charge in [-0.15, -0.1) is 0 Å². The Morgan fingerprint density at radius 2 is 2.14 bits per heavy atom. The van der Waals surface area contributed by atoms with E-state index in [1.165, 1.54) is 16.8 Å². The lowest BCUT2D eigenvalue weighted by molar-refractivity contribution is 0.0301. The van der Waals surface area contributed by atoms with Crippen LogP contribution in [0.5, 0.6) is 0 Å². The van der Waals surface area contributed by atoms with Gasteiger partial charge in [-0.25, -0.2) is 0 Å². The fourth-order valence-electron chi connectivity index (χ4n) is 3.03. The zero-order chi connectivity index (χ0) is 14.7. The van der Waals surface area contributed by atoms with Gasteiger partial charge >= 0.3 is 0 Å². The van der Waals surface area contributed by atoms with Gasteiger partial charge in [-0.3, -0.25) is 0 Å². The maximum absolute atomic E-state index is 6.10. The second-order valence-corrected chi connectivity index (χ2v) is 5.83. The van der Waals surface area contributed by atoms with Gasteiger partial charge in [-0.1, -0.05) is 31.2 Å². The summed E-state index contributed by atoms with van der Waals surface area (Å²) in [5.41, 5.74) is 10.2. The molecule has 2 heterocycles. The summed E-state index contributed by atoms with van der Waals surface area (Å²) in [6.45, 7) is 3.82. The summed E-state index contributed by atoms with van der Waals surface area (Å²) < 4.78 is 8.31. The van der Waals surface area contributed by atoms with E-state index < -0.39 is 0 Å². The Balaban J connectivity index is 1.78. The Morgan fingerprint density at radius 1 is 1.29 bits per heavy atom. The maximum atomic E-state index is 6.10. The molecular weight excluding hydrogens is 260 g/mol. The number of benzene rings is 1. The van der Waals surface area contributed by atoms with Crippen LogP contribution >= 0.6 is 0 Å². The van der Waals surface area contributed by atoms with Crippen molar-refractivity contribution in [1.82, 2.24) is 4.57 Å². The van der Waals surface area contributed by atoms with Gasteiger partial charge in [0.25, 0.3) is 0 Å². The number of nitrogens with zero attached hydrogens (tertiary/aromatic N) is 1. The maximum Gasteiger partial charge on any atom is 0.101 e. The van der Waals surface area contributed by atoms with Crippen molar-refractivity contribution >= 4 is 0 Å². The Morgan fingerprint density at radius 3 is 3.00 bits per heavy atom. The summed E-state index contributed by atoms with van der Waals surface area (Å²) in [4.78, 5) is 0. The molecule has 0 fully saturated rings. The van der Waals surface area contributed by atoms with Gasteiger partial charge in [0.05, 0.1) is 13.2 Å². The van der Waals surface area contributed by atoms with Gasteiger partial charge in [-0.2, -0.15) is 0 Å². The number of fused-ring (bicyclic) bond motifs is 1. The fourth-order valence-corrected chi connectivity index (χ4v) is 3.03. The predicted molar refractivity (Wildman–Crippen MR) is 85.2 cm³/mol. The summed E-state index contributed by atoms with van der Waals surface area (Å²) >= 11 is 0. The van der Waals surface area contributed by atoms with Gasteiger partial charge in [0.2, 0.25) is 0 Å². The van der Waals surface area contributed by atoms with Crippen LogP contribution in [0.2, 0.25) is 0 Å². The molecule has 0 amide bonds. The molecule has 112 valence electrons. The van der Waals surface area contributed by atoms with E-state index in [-0.39, 0.29) is 12.1 Å². The molecule has 0 radical (unpaired) electrons. The minimum absolute atomic E-state index is 0.152. The molecule has 21 heavy (non-hydrogen) atoms. The van der Waals surface area contributed by atoms with Crippen LogP contribution in [0.1, 0.15) is 36.3 Å². The van der Waals surface area contributed by atoms with Crippen LogP contribution in [0, 0.1) is 0 Å². The van der Waals surface area contributed by atoms with E-state index in [0.29, 0.717) is 0 Å². The second kappa shape index (κ2) is 6.46. The van der Waals surface area contributed by atoms with Crippen molar-refractivity contribution in [1.29, 1.82) is 0 Å². The third-order valence-corrected chi connectivity index (χ3v) is 4.37. The molecule has 0 saturated carbocycles. The number of rotatable bonds is 5. The van der Waals surface area contributed by atoms with Crippen LogP contribution in [0.4, 0.5) is 0 Å². The van der Waals surface area contributed by atoms with Crippen LogP contribution in [0.3, 0.4) is 0 Å². The highest BCUT2D eigenvalue weighted by Gasteiger charge is 2.21. The number of hydrogen-bond acceptors (Lipinski definition) is 2. The van der Waals surface area contributed by atoms with Crippen molar-refractivity contribution in [2.24, 2.45) is 5.73 Å². The van der Waals surface area contributed by atoms with Crippen LogP contribution < -0.4 is 5.73 Å². The molecular formula is C18H24N2O. The highest BCUT2D eigenvalue weighted by Crippen LogP contribution is 2.28. The molecule has 3 nitrogen and oxygen atoms in total. The predicted octanol–water partition coefficient (Wildman–Crippen LogP) is 3.08. The van der Waals surface area contributed by atoms with Crippen molar-refractivity contribution in [2.45, 2.75) is 44.9 Å². The molecule has 0 bridgehead atoms. The number of ether oxygens (including phenoxy) is 1. The van der Waals surface area contributed by atoms with E-state index in [1.807, 2.05) is 0 Å². The standard InChI is InChI=1S/C18H24N2O/c1-2-15(19)12-16-7-5-10-20(16)13-18-17-8-4-3-6-14(17)9-11-21-18/h3-8,10,15,18H,2,9,11-13,19H2,1H3. The van der Waals surface area contributed by atoms with Crippen LogP contribution in [-0.4, -0.2) is 17.2 Å². The van der Waals surface area contributed by atoms with E-state index in [4.69, 9.17) is 10.5 Å². The Labute approximate surface area is 126 Å². The molecule has 2 N–H and O–H groups in total. The molecule has 2 unspecified atom stereocenters. The molecule has 3 rings (SSSR count). The summed E-state index contributed by atoms with van der Waals surface area (Å²) in [5.74, 6) is 0. The average molecular weight is 284 g/mol. The molecule has 1 aliphatic heterocycles. The van der Waals surface area contributed by atoms with E-state index in [1.54, 1.807) is 0 Å². The van der Waals surface area contributed by atoms with Gasteiger partial charge in [0, 0.05) is 24.4 Å². The minimum Gasteiger partial charge on any atom is -0.371 e. The first-order valence-corrected chi connectivity index (χ1v) is 7.87. The lowest BCUT2D eigenvalue weighted by Gasteiger charge is -2.27. The van der Waals surface area contributed by atoms with Gasteiger partial charge < -0.3 is 15.0 Å². The zero-order valence-electron chi connectivity index (χ0n) is 12.7. The van der Waals surface area contributed by atoms with E-state index in [2.05, 4.69) is 54.1 Å². The molecule has 0 saturated heterocycles. The largest absolute Gasteiger partial charge is 0.371 e. The fraction of sp³-hybridized carbons (Fsp3) is 0.444. The SMILES string of the molecule is CCC(N)Cc1cccn1CC1OCCc2ccccc21. The van der Waals surface area contributed by atoms with Crippen LogP contribution in [-0.2, 0) is 24.1 Å². The number of aromatic nitrogens is 1. The van der Waals surface area contributed by atoms with Crippen molar-refractivity contribution in [3.05, 3.63) is 59.4 Å². The molecule has 1 aliphatic rings. The highest BCUT2D eigenvalue weighted by atomic mass is 16.5. The zero-order valence-corrected chi connectivity index (χ0v) is 12.7. The minimum atomic E-state index is 0.152. The van der Waals surface area contributed by atoms with Gasteiger partial charge in [-0.05, 0) is 36.1 Å². The smallest absolute Gasteiger partial charge is 0.101 e. The molecule has 1 aromatic carbocycles. The first-order valence-electron chi connectivity index (χ1n) is 7.87. The first-order chi connectivity index (χ1) is 10.3. The van der Waals surface area contributed by atoms with Crippen molar-refractivity contribution in [3.63, 3.8) is 0 Å². The van der Waals surface area contributed by atoms with Crippen molar-refractivity contribution < 1.29 is 4.74 Å². The van der Waals surface area contributed by atoms with E-state index in [0.717, 1.165) is 32.4 Å². The van der Waals surface area contributed by atoms with E-state index >= 15 is 0 Å². The number of nitrogens with two attached hydrogens (primary N) is 1. The molecule has 2 aromatic rings. The topological polar surface area (TPSA) is 40.2 Å². The summed E-state index contributed by atoms with van der Waals surface area (Å²) in [6.07, 6.45) is 5.25.